The van der Waals surface area contributed by atoms with Crippen LogP contribution in [-0.2, 0) is 6.42 Å². The van der Waals surface area contributed by atoms with Gasteiger partial charge in [0.1, 0.15) is 11.5 Å². The van der Waals surface area contributed by atoms with Crippen LogP contribution in [0.25, 0.3) is 21.7 Å². The van der Waals surface area contributed by atoms with E-state index in [4.69, 9.17) is 9.47 Å². The average molecular weight is 546 g/mol. The van der Waals surface area contributed by atoms with Crippen LogP contribution in [0.4, 0.5) is 22.4 Å². The Labute approximate surface area is 235 Å². The van der Waals surface area contributed by atoms with Crippen LogP contribution in [0.5, 0.6) is 17.5 Å². The number of urea groups is 1. The Hall–Kier alpha value is -5.64. The number of methoxy groups -OCH3 is 1. The number of aromatic nitrogens is 4. The van der Waals surface area contributed by atoms with Crippen molar-refractivity contribution in [2.45, 2.75) is 6.42 Å². The first-order valence-corrected chi connectivity index (χ1v) is 13.1. The topological polar surface area (TPSA) is 126 Å². The summed E-state index contributed by atoms with van der Waals surface area (Å²) in [5, 5.41) is 11.9. The summed E-state index contributed by atoms with van der Waals surface area (Å²) < 4.78 is 11.3. The number of H-pyrrole nitrogens is 1. The molecule has 0 saturated carbocycles. The Morgan fingerprint density at radius 2 is 1.61 bits per heavy atom. The highest BCUT2D eigenvalue weighted by Crippen LogP contribution is 2.26. The molecular formula is C31H27N7O3. The van der Waals surface area contributed by atoms with Gasteiger partial charge in [0.2, 0.25) is 11.9 Å². The Bertz CT molecular complexity index is 1840. The maximum atomic E-state index is 12.8. The van der Waals surface area contributed by atoms with E-state index in [1.807, 2.05) is 72.9 Å². The molecule has 2 amide bonds. The van der Waals surface area contributed by atoms with Crippen LogP contribution in [0.15, 0.2) is 97.2 Å². The molecule has 0 unspecified atom stereocenters. The maximum absolute atomic E-state index is 12.8. The SMILES string of the molecule is COc1ccccc1NC(=O)Nc1nc(NCCc2c[nH]c3ccccc23)nc(Oc2ccc3ccccc3c2)n1. The standard InChI is InChI=1S/C31H27N7O3/c1-40-27-13-7-6-12-26(27)34-30(39)36-29-35-28(32-17-16-22-19-33-25-11-5-4-10-24(22)25)37-31(38-29)41-23-15-14-20-8-2-3-9-21(20)18-23/h2-15,18-19,33H,16-17H2,1H3,(H3,32,34,35,36,37,38,39). The predicted molar refractivity (Wildman–Crippen MR) is 160 cm³/mol. The molecule has 0 aliphatic heterocycles. The van der Waals surface area contributed by atoms with Crippen LogP contribution in [0.3, 0.4) is 0 Å². The average Bonchev–Trinajstić information content (AvgIpc) is 3.40. The number of amides is 2. The third kappa shape index (κ3) is 6.01. The van der Waals surface area contributed by atoms with Crippen LogP contribution >= 0.6 is 0 Å². The molecule has 2 heterocycles. The number of carbonyl (C=O) groups is 1. The number of aromatic amines is 1. The number of hydrogen-bond acceptors (Lipinski definition) is 7. The predicted octanol–water partition coefficient (Wildman–Crippen LogP) is 6.61. The summed E-state index contributed by atoms with van der Waals surface area (Å²) in [7, 11) is 1.54. The number of hydrogen-bond donors (Lipinski definition) is 4. The van der Waals surface area contributed by atoms with Crippen LogP contribution in [0, 0.1) is 0 Å². The number of nitrogens with zero attached hydrogens (tertiary/aromatic N) is 3. The molecule has 0 bridgehead atoms. The molecule has 0 aliphatic carbocycles. The van der Waals surface area contributed by atoms with Gasteiger partial charge in [0.05, 0.1) is 12.8 Å². The lowest BCUT2D eigenvalue weighted by molar-refractivity contribution is 0.262. The zero-order chi connectivity index (χ0) is 28.0. The minimum Gasteiger partial charge on any atom is -0.495 e. The Morgan fingerprint density at radius 3 is 2.51 bits per heavy atom. The summed E-state index contributed by atoms with van der Waals surface area (Å²) in [6.07, 6.45) is 2.73. The number of carbonyl (C=O) groups excluding carboxylic acids is 1. The van der Waals surface area contributed by atoms with Gasteiger partial charge < -0.3 is 25.1 Å². The zero-order valence-electron chi connectivity index (χ0n) is 22.2. The Kier molecular flexibility index (Phi) is 7.26. The number of rotatable bonds is 9. The third-order valence-corrected chi connectivity index (χ3v) is 6.48. The summed E-state index contributed by atoms with van der Waals surface area (Å²) in [4.78, 5) is 29.3. The minimum atomic E-state index is -0.540. The van der Waals surface area contributed by atoms with E-state index in [2.05, 4.69) is 42.0 Å². The second-order valence-electron chi connectivity index (χ2n) is 9.19. The second-order valence-corrected chi connectivity index (χ2v) is 9.19. The summed E-state index contributed by atoms with van der Waals surface area (Å²) in [6, 6.07) is 28.4. The van der Waals surface area contributed by atoms with E-state index in [0.717, 1.165) is 22.7 Å². The Morgan fingerprint density at radius 1 is 0.829 bits per heavy atom. The van der Waals surface area contributed by atoms with Gasteiger partial charge in [-0.15, -0.1) is 0 Å². The van der Waals surface area contributed by atoms with Crippen molar-refractivity contribution in [2.24, 2.45) is 0 Å². The number of nitrogens with one attached hydrogen (secondary N) is 4. The molecule has 10 nitrogen and oxygen atoms in total. The number of fused-ring (bicyclic) bond motifs is 2. The summed E-state index contributed by atoms with van der Waals surface area (Å²) in [5.41, 5.74) is 2.76. The molecule has 0 fully saturated rings. The van der Waals surface area contributed by atoms with Gasteiger partial charge in [0, 0.05) is 23.6 Å². The van der Waals surface area contributed by atoms with Crippen molar-refractivity contribution in [3.05, 3.63) is 103 Å². The van der Waals surface area contributed by atoms with Gasteiger partial charge in [-0.2, -0.15) is 15.0 Å². The highest BCUT2D eigenvalue weighted by molar-refractivity contribution is 5.99. The fourth-order valence-electron chi connectivity index (χ4n) is 4.52. The normalized spacial score (nSPS) is 10.9. The molecule has 204 valence electrons. The van der Waals surface area contributed by atoms with E-state index in [-0.39, 0.29) is 17.9 Å². The van der Waals surface area contributed by atoms with Gasteiger partial charge in [0.25, 0.3) is 0 Å². The molecule has 0 saturated heterocycles. The largest absolute Gasteiger partial charge is 0.495 e. The first-order valence-electron chi connectivity index (χ1n) is 13.1. The van der Waals surface area contributed by atoms with Crippen molar-refractivity contribution in [1.29, 1.82) is 0 Å². The van der Waals surface area contributed by atoms with Crippen molar-refractivity contribution in [3.63, 3.8) is 0 Å². The maximum Gasteiger partial charge on any atom is 0.328 e. The van der Waals surface area contributed by atoms with E-state index in [0.29, 0.717) is 23.7 Å². The van der Waals surface area contributed by atoms with Crippen molar-refractivity contribution in [1.82, 2.24) is 19.9 Å². The van der Waals surface area contributed by atoms with Gasteiger partial charge in [-0.25, -0.2) is 4.79 Å². The smallest absolute Gasteiger partial charge is 0.328 e. The van der Waals surface area contributed by atoms with E-state index < -0.39 is 6.03 Å². The van der Waals surface area contributed by atoms with Gasteiger partial charge in [-0.1, -0.05) is 60.7 Å². The Balaban J connectivity index is 1.22. The number of ether oxygens (including phenoxy) is 2. The lowest BCUT2D eigenvalue weighted by atomic mass is 10.1. The van der Waals surface area contributed by atoms with Crippen LogP contribution < -0.4 is 25.4 Å². The molecule has 0 atom stereocenters. The quantitative estimate of drug-likeness (QED) is 0.161. The summed E-state index contributed by atoms with van der Waals surface area (Å²) >= 11 is 0. The molecule has 6 aromatic rings. The van der Waals surface area contributed by atoms with Crippen molar-refractivity contribution in [2.75, 3.05) is 29.6 Å². The molecule has 6 rings (SSSR count). The van der Waals surface area contributed by atoms with Crippen molar-refractivity contribution in [3.8, 4) is 17.5 Å². The molecule has 41 heavy (non-hydrogen) atoms. The van der Waals surface area contributed by atoms with Gasteiger partial charge in [0.15, 0.2) is 0 Å². The lowest BCUT2D eigenvalue weighted by Gasteiger charge is -2.12. The molecule has 4 aromatic carbocycles. The minimum absolute atomic E-state index is 0.0257. The highest BCUT2D eigenvalue weighted by atomic mass is 16.5. The number of anilines is 3. The summed E-state index contributed by atoms with van der Waals surface area (Å²) in [6.45, 7) is 0.550. The van der Waals surface area contributed by atoms with Crippen LogP contribution in [-0.4, -0.2) is 39.6 Å². The number of benzene rings is 4. The van der Waals surface area contributed by atoms with Crippen LogP contribution in [0.2, 0.25) is 0 Å². The molecular weight excluding hydrogens is 518 g/mol. The van der Waals surface area contributed by atoms with E-state index in [1.54, 1.807) is 18.2 Å². The summed E-state index contributed by atoms with van der Waals surface area (Å²) in [5.74, 6) is 1.38. The molecule has 4 N–H and O–H groups in total. The van der Waals surface area contributed by atoms with Crippen molar-refractivity contribution < 1.29 is 14.3 Å². The zero-order valence-corrected chi connectivity index (χ0v) is 22.2. The first-order chi connectivity index (χ1) is 20.1. The van der Waals surface area contributed by atoms with E-state index >= 15 is 0 Å². The van der Waals surface area contributed by atoms with Gasteiger partial charge in [-0.05, 0) is 53.1 Å². The number of para-hydroxylation sites is 3. The van der Waals surface area contributed by atoms with E-state index in [9.17, 15) is 4.79 Å². The molecule has 0 aliphatic rings. The molecule has 10 heteroatoms. The third-order valence-electron chi connectivity index (χ3n) is 6.48. The van der Waals surface area contributed by atoms with Crippen LogP contribution in [0.1, 0.15) is 5.56 Å². The fourth-order valence-corrected chi connectivity index (χ4v) is 4.52. The molecule has 2 aromatic heterocycles. The van der Waals surface area contributed by atoms with Gasteiger partial charge in [-0.3, -0.25) is 5.32 Å². The lowest BCUT2D eigenvalue weighted by Crippen LogP contribution is -2.22. The second kappa shape index (κ2) is 11.6. The molecule has 0 spiro atoms. The van der Waals surface area contributed by atoms with Crippen molar-refractivity contribution >= 4 is 45.3 Å². The monoisotopic (exact) mass is 545 g/mol. The highest BCUT2D eigenvalue weighted by Gasteiger charge is 2.14. The first kappa shape index (κ1) is 25.6. The molecule has 0 radical (unpaired) electrons. The fraction of sp³-hybridized carbons (Fsp3) is 0.0968. The van der Waals surface area contributed by atoms with E-state index in [1.165, 1.54) is 18.1 Å². The van der Waals surface area contributed by atoms with Gasteiger partial charge >= 0.3 is 12.0 Å².